The number of hydrogen-bond donors (Lipinski definition) is 0. The molecule has 0 atom stereocenters. The van der Waals surface area contributed by atoms with Crippen LogP contribution in [0.2, 0.25) is 0 Å². The second kappa shape index (κ2) is 8.35. The molecule has 104 valence electrons. The highest BCUT2D eigenvalue weighted by Crippen LogP contribution is 2.22. The van der Waals surface area contributed by atoms with Crippen molar-refractivity contribution in [3.8, 4) is 0 Å². The first-order valence-electron chi connectivity index (χ1n) is 5.91. The molecule has 19 heavy (non-hydrogen) atoms. The summed E-state index contributed by atoms with van der Waals surface area (Å²) in [5.41, 5.74) is 1.82. The van der Waals surface area contributed by atoms with Gasteiger partial charge in [0.05, 0.1) is 6.61 Å². The molecule has 0 spiro atoms. The minimum absolute atomic E-state index is 0.0441. The van der Waals surface area contributed by atoms with Crippen molar-refractivity contribution < 1.29 is 9.53 Å². The van der Waals surface area contributed by atoms with Crippen molar-refractivity contribution in [1.29, 1.82) is 0 Å². The molecule has 0 heterocycles. The minimum Gasteiger partial charge on any atom is -0.383 e. The van der Waals surface area contributed by atoms with E-state index in [2.05, 4.69) is 15.9 Å². The molecule has 0 fully saturated rings. The molecule has 1 rings (SSSR count). The maximum absolute atomic E-state index is 11.9. The van der Waals surface area contributed by atoms with Crippen LogP contribution in [0.3, 0.4) is 0 Å². The lowest BCUT2D eigenvalue weighted by Gasteiger charge is -2.25. The van der Waals surface area contributed by atoms with E-state index in [1.165, 1.54) is 0 Å². The van der Waals surface area contributed by atoms with Crippen LogP contribution in [0.1, 0.15) is 12.5 Å². The lowest BCUT2D eigenvalue weighted by atomic mass is 10.1. The lowest BCUT2D eigenvalue weighted by Crippen LogP contribution is -2.33. The monoisotopic (exact) mass is 345 g/mol. The first-order valence-corrected chi connectivity index (χ1v) is 7.24. The zero-order valence-corrected chi connectivity index (χ0v) is 13.4. The molecule has 1 aromatic carbocycles. The molecule has 0 aromatic heterocycles. The fourth-order valence-electron chi connectivity index (χ4n) is 1.73. The Hall–Kier alpha value is -0.840. The van der Waals surface area contributed by atoms with E-state index in [1.54, 1.807) is 12.0 Å². The van der Waals surface area contributed by atoms with Crippen LogP contribution in [0.4, 0.5) is 0 Å². The third kappa shape index (κ3) is 4.64. The van der Waals surface area contributed by atoms with Gasteiger partial charge in [0.1, 0.15) is 5.88 Å². The van der Waals surface area contributed by atoms with Crippen molar-refractivity contribution in [1.82, 2.24) is 4.90 Å². The molecule has 0 unspecified atom stereocenters. The number of alkyl halides is 1. The van der Waals surface area contributed by atoms with Gasteiger partial charge < -0.3 is 9.64 Å². The van der Waals surface area contributed by atoms with Gasteiger partial charge in [-0.05, 0) is 24.6 Å². The lowest BCUT2D eigenvalue weighted by molar-refractivity contribution is -0.125. The van der Waals surface area contributed by atoms with Crippen molar-refractivity contribution in [3.63, 3.8) is 0 Å². The van der Waals surface area contributed by atoms with Gasteiger partial charge in [-0.15, -0.1) is 11.6 Å². The summed E-state index contributed by atoms with van der Waals surface area (Å²) in [6.07, 6.45) is 1.91. The average Bonchev–Trinajstić information content (AvgIpc) is 2.44. The summed E-state index contributed by atoms with van der Waals surface area (Å²) < 4.78 is 6.04. The Balaban J connectivity index is 3.02. The number of hydrogen-bond acceptors (Lipinski definition) is 2. The zero-order chi connectivity index (χ0) is 14.3. The molecule has 3 nitrogen and oxygen atoms in total. The second-order valence-electron chi connectivity index (χ2n) is 3.85. The van der Waals surface area contributed by atoms with Crippen molar-refractivity contribution in [2.75, 3.05) is 26.1 Å². The van der Waals surface area contributed by atoms with Crippen LogP contribution in [-0.2, 0) is 9.53 Å². The fraction of sp³-hybridized carbons (Fsp3) is 0.357. The van der Waals surface area contributed by atoms with Gasteiger partial charge in [-0.3, -0.25) is 4.79 Å². The molecular weight excluding hydrogens is 330 g/mol. The first-order chi connectivity index (χ1) is 9.13. The predicted octanol–water partition coefficient (Wildman–Crippen LogP) is 3.52. The molecule has 1 aromatic rings. The van der Waals surface area contributed by atoms with Crippen LogP contribution < -0.4 is 0 Å². The van der Waals surface area contributed by atoms with E-state index in [-0.39, 0.29) is 11.8 Å². The summed E-state index contributed by atoms with van der Waals surface area (Å²) in [5, 5.41) is 0. The largest absolute Gasteiger partial charge is 0.383 e. The molecular formula is C14H17BrClNO2. The molecule has 0 bridgehead atoms. The Kier molecular flexibility index (Phi) is 7.13. The summed E-state index contributed by atoms with van der Waals surface area (Å²) in [5.74, 6) is -0.174. The number of amides is 1. The molecule has 5 heteroatoms. The third-order valence-corrected chi connectivity index (χ3v) is 3.40. The topological polar surface area (TPSA) is 29.5 Å². The SMILES string of the molecule is C/C=C(\c1ccc(Br)cc1)N(CCOC)C(=O)CCl. The Morgan fingerprint density at radius 2 is 2.05 bits per heavy atom. The van der Waals surface area contributed by atoms with E-state index in [9.17, 15) is 4.79 Å². The number of carbonyl (C=O) groups is 1. The van der Waals surface area contributed by atoms with Crippen LogP contribution in [0.25, 0.3) is 5.70 Å². The maximum Gasteiger partial charge on any atom is 0.241 e. The first kappa shape index (κ1) is 16.2. The number of ether oxygens (including phenoxy) is 1. The summed E-state index contributed by atoms with van der Waals surface area (Å²) in [7, 11) is 1.61. The van der Waals surface area contributed by atoms with Crippen LogP contribution in [0.5, 0.6) is 0 Å². The van der Waals surface area contributed by atoms with Crippen LogP contribution in [0.15, 0.2) is 34.8 Å². The normalized spacial score (nSPS) is 11.5. The smallest absolute Gasteiger partial charge is 0.241 e. The Labute approximate surface area is 127 Å². The highest BCUT2D eigenvalue weighted by atomic mass is 79.9. The van der Waals surface area contributed by atoms with Gasteiger partial charge >= 0.3 is 0 Å². The standard InChI is InChI=1S/C14H17BrClNO2/c1-3-13(11-4-6-12(15)7-5-11)17(8-9-19-2)14(18)10-16/h3-7H,8-10H2,1-2H3/b13-3+. The number of rotatable bonds is 6. The zero-order valence-electron chi connectivity index (χ0n) is 11.0. The number of halogens is 2. The van der Waals surface area contributed by atoms with Crippen LogP contribution >= 0.6 is 27.5 Å². The van der Waals surface area contributed by atoms with Crippen LogP contribution in [0, 0.1) is 0 Å². The quantitative estimate of drug-likeness (QED) is 0.738. The number of methoxy groups -OCH3 is 1. The van der Waals surface area contributed by atoms with Crippen molar-refractivity contribution in [2.24, 2.45) is 0 Å². The van der Waals surface area contributed by atoms with Gasteiger partial charge in [0.25, 0.3) is 0 Å². The summed E-state index contributed by atoms with van der Waals surface area (Å²) in [6.45, 7) is 2.85. The van der Waals surface area contributed by atoms with E-state index < -0.39 is 0 Å². The van der Waals surface area contributed by atoms with Gasteiger partial charge in [0.15, 0.2) is 0 Å². The fourth-order valence-corrected chi connectivity index (χ4v) is 2.14. The molecule has 0 saturated heterocycles. The van der Waals surface area contributed by atoms with Gasteiger partial charge in [0.2, 0.25) is 5.91 Å². The van der Waals surface area contributed by atoms with Gasteiger partial charge in [0, 0.05) is 23.8 Å². The molecule has 0 radical (unpaired) electrons. The predicted molar refractivity (Wildman–Crippen MR) is 82.1 cm³/mol. The summed E-state index contributed by atoms with van der Waals surface area (Å²) >= 11 is 9.07. The minimum atomic E-state index is -0.130. The van der Waals surface area contributed by atoms with Crippen LogP contribution in [-0.4, -0.2) is 36.9 Å². The Morgan fingerprint density at radius 1 is 1.42 bits per heavy atom. The highest BCUT2D eigenvalue weighted by Gasteiger charge is 2.17. The summed E-state index contributed by atoms with van der Waals surface area (Å²) in [6, 6.07) is 7.80. The van der Waals surface area contributed by atoms with E-state index in [0.29, 0.717) is 13.2 Å². The number of nitrogens with zero attached hydrogens (tertiary/aromatic N) is 1. The van der Waals surface area contributed by atoms with E-state index in [1.807, 2.05) is 37.3 Å². The van der Waals surface area contributed by atoms with Gasteiger partial charge in [-0.1, -0.05) is 34.1 Å². The molecule has 0 aliphatic rings. The van der Waals surface area contributed by atoms with E-state index in [4.69, 9.17) is 16.3 Å². The Morgan fingerprint density at radius 3 is 2.53 bits per heavy atom. The van der Waals surface area contributed by atoms with Crippen molar-refractivity contribution in [3.05, 3.63) is 40.4 Å². The number of benzene rings is 1. The second-order valence-corrected chi connectivity index (χ2v) is 5.04. The highest BCUT2D eigenvalue weighted by molar-refractivity contribution is 9.10. The van der Waals surface area contributed by atoms with Crippen molar-refractivity contribution >= 4 is 39.1 Å². The molecule has 0 saturated carbocycles. The Bertz CT molecular complexity index is 445. The van der Waals surface area contributed by atoms with E-state index in [0.717, 1.165) is 15.7 Å². The third-order valence-electron chi connectivity index (χ3n) is 2.64. The number of carbonyl (C=O) groups excluding carboxylic acids is 1. The molecule has 0 N–H and O–H groups in total. The maximum atomic E-state index is 11.9. The average molecular weight is 347 g/mol. The molecule has 0 aliphatic carbocycles. The molecule has 0 aliphatic heterocycles. The van der Waals surface area contributed by atoms with Gasteiger partial charge in [-0.2, -0.15) is 0 Å². The van der Waals surface area contributed by atoms with Crippen molar-refractivity contribution in [2.45, 2.75) is 6.92 Å². The number of allylic oxidation sites excluding steroid dienone is 1. The summed E-state index contributed by atoms with van der Waals surface area (Å²) in [4.78, 5) is 13.6. The molecule has 1 amide bonds. The van der Waals surface area contributed by atoms with Gasteiger partial charge in [-0.25, -0.2) is 0 Å². The van der Waals surface area contributed by atoms with E-state index >= 15 is 0 Å².